The Morgan fingerprint density at radius 2 is 1.71 bits per heavy atom. The molecule has 1 atom stereocenters. The number of hydrogen-bond acceptors (Lipinski definition) is 4. The van der Waals surface area contributed by atoms with E-state index in [-0.39, 0.29) is 23.4 Å². The number of likely N-dealkylation sites (N-methyl/N-ethyl adjacent to an activating group) is 1. The smallest absolute Gasteiger partial charge is 0.265 e. The minimum absolute atomic E-state index is 0.00864. The van der Waals surface area contributed by atoms with E-state index in [4.69, 9.17) is 0 Å². The Kier molecular flexibility index (Phi) is 5.73. The van der Waals surface area contributed by atoms with Crippen molar-refractivity contribution in [1.29, 1.82) is 0 Å². The van der Waals surface area contributed by atoms with Crippen LogP contribution in [0.15, 0.2) is 65.6 Å². The Morgan fingerprint density at radius 3 is 2.35 bits per heavy atom. The van der Waals surface area contributed by atoms with Gasteiger partial charge in [0, 0.05) is 11.9 Å². The van der Waals surface area contributed by atoms with E-state index >= 15 is 0 Å². The molecule has 6 nitrogen and oxygen atoms in total. The normalized spacial score (nSPS) is 15.4. The molecule has 1 unspecified atom stereocenters. The molecule has 0 radical (unpaired) electrons. The number of benzene rings is 3. The molecular weight excluding hydrogens is 410 g/mol. The fraction of sp³-hybridized carbons (Fsp3) is 0.292. The van der Waals surface area contributed by atoms with Gasteiger partial charge in [-0.25, -0.2) is 8.42 Å². The molecule has 0 bridgehead atoms. The van der Waals surface area contributed by atoms with Crippen molar-refractivity contribution in [2.45, 2.75) is 24.3 Å². The second-order valence-electron chi connectivity index (χ2n) is 8.02. The summed E-state index contributed by atoms with van der Waals surface area (Å²) in [5, 5.41) is 4.46. The fourth-order valence-electron chi connectivity index (χ4n) is 4.10. The van der Waals surface area contributed by atoms with E-state index in [1.165, 1.54) is 9.87 Å². The first-order valence-corrected chi connectivity index (χ1v) is 11.8. The van der Waals surface area contributed by atoms with Crippen LogP contribution in [-0.4, -0.2) is 46.4 Å². The Bertz CT molecular complexity index is 1220. The number of sulfonamides is 1. The van der Waals surface area contributed by atoms with Gasteiger partial charge in [-0.3, -0.25) is 9.10 Å². The monoisotopic (exact) mass is 437 g/mol. The van der Waals surface area contributed by atoms with Crippen LogP contribution in [0.25, 0.3) is 10.8 Å². The zero-order chi connectivity index (χ0) is 22.2. The lowest BCUT2D eigenvalue weighted by Gasteiger charge is -2.26. The van der Waals surface area contributed by atoms with Crippen LogP contribution >= 0.6 is 0 Å². The van der Waals surface area contributed by atoms with Crippen LogP contribution in [0.3, 0.4) is 0 Å². The lowest BCUT2D eigenvalue weighted by atomic mass is 10.0. The molecule has 3 aromatic carbocycles. The van der Waals surface area contributed by atoms with Gasteiger partial charge in [-0.2, -0.15) is 0 Å². The van der Waals surface area contributed by atoms with Gasteiger partial charge >= 0.3 is 0 Å². The van der Waals surface area contributed by atoms with E-state index in [1.54, 1.807) is 18.2 Å². The summed E-state index contributed by atoms with van der Waals surface area (Å²) in [4.78, 5) is 15.1. The first-order valence-electron chi connectivity index (χ1n) is 10.4. The van der Waals surface area contributed by atoms with Gasteiger partial charge in [0.2, 0.25) is 5.91 Å². The second-order valence-corrected chi connectivity index (χ2v) is 9.85. The highest BCUT2D eigenvalue weighted by Gasteiger charge is 2.36. The van der Waals surface area contributed by atoms with Crippen molar-refractivity contribution in [3.63, 3.8) is 0 Å². The molecule has 1 N–H and O–H groups in total. The third-order valence-corrected chi connectivity index (χ3v) is 7.66. The molecule has 0 fully saturated rings. The number of rotatable bonds is 7. The topological polar surface area (TPSA) is 69.7 Å². The average molecular weight is 438 g/mol. The quantitative estimate of drug-likeness (QED) is 0.616. The van der Waals surface area contributed by atoms with Gasteiger partial charge in [-0.1, -0.05) is 55.5 Å². The van der Waals surface area contributed by atoms with Gasteiger partial charge in [0.15, 0.2) is 0 Å². The third-order valence-electron chi connectivity index (χ3n) is 5.86. The summed E-state index contributed by atoms with van der Waals surface area (Å²) < 4.78 is 27.3. The van der Waals surface area contributed by atoms with Crippen LogP contribution in [0, 0.1) is 0 Å². The highest BCUT2D eigenvalue weighted by atomic mass is 32.2. The van der Waals surface area contributed by atoms with Crippen molar-refractivity contribution in [3.05, 3.63) is 71.8 Å². The summed E-state index contributed by atoms with van der Waals surface area (Å²) >= 11 is 0. The molecule has 1 aliphatic heterocycles. The Balaban J connectivity index is 1.50. The molecule has 31 heavy (non-hydrogen) atoms. The van der Waals surface area contributed by atoms with Gasteiger partial charge in [-0.05, 0) is 49.2 Å². The molecule has 1 amide bonds. The molecule has 162 valence electrons. The van der Waals surface area contributed by atoms with Crippen LogP contribution in [0.4, 0.5) is 5.69 Å². The van der Waals surface area contributed by atoms with Crippen LogP contribution in [0.2, 0.25) is 0 Å². The molecule has 0 saturated carbocycles. The Labute approximate surface area is 183 Å². The number of carbonyl (C=O) groups excluding carboxylic acids is 1. The van der Waals surface area contributed by atoms with E-state index in [9.17, 15) is 13.2 Å². The molecule has 1 heterocycles. The highest BCUT2D eigenvalue weighted by Crippen LogP contribution is 2.41. The van der Waals surface area contributed by atoms with Gasteiger partial charge in [0.25, 0.3) is 10.0 Å². The summed E-state index contributed by atoms with van der Waals surface area (Å²) in [5.41, 5.74) is 2.93. The highest BCUT2D eigenvalue weighted by molar-refractivity contribution is 7.93. The Hall–Kier alpha value is -2.90. The van der Waals surface area contributed by atoms with Crippen molar-refractivity contribution in [3.8, 4) is 0 Å². The van der Waals surface area contributed by atoms with Crippen LogP contribution in [0.5, 0.6) is 0 Å². The zero-order valence-corrected chi connectivity index (χ0v) is 18.8. The first-order chi connectivity index (χ1) is 14.8. The zero-order valence-electron chi connectivity index (χ0n) is 18.0. The molecule has 3 aromatic rings. The van der Waals surface area contributed by atoms with E-state index in [2.05, 4.69) is 36.5 Å². The second kappa shape index (κ2) is 8.32. The van der Waals surface area contributed by atoms with E-state index in [0.717, 1.165) is 17.4 Å². The molecular formula is C24H27N3O3S. The maximum absolute atomic E-state index is 13.1. The fourth-order valence-corrected chi connectivity index (χ4v) is 5.77. The summed E-state index contributed by atoms with van der Waals surface area (Å²) in [6, 6.07) is 19.0. The number of hydrogen-bond donors (Lipinski definition) is 1. The first kappa shape index (κ1) is 21.3. The maximum Gasteiger partial charge on any atom is 0.265 e. The molecule has 0 saturated heterocycles. The molecule has 7 heteroatoms. The number of amides is 1. The summed E-state index contributed by atoms with van der Waals surface area (Å²) in [7, 11) is 0.184. The maximum atomic E-state index is 13.1. The van der Waals surface area contributed by atoms with Crippen molar-refractivity contribution in [2.75, 3.05) is 31.5 Å². The predicted octanol–water partition coefficient (Wildman–Crippen LogP) is 3.33. The molecule has 4 rings (SSSR count). The van der Waals surface area contributed by atoms with Crippen LogP contribution in [0.1, 0.15) is 24.1 Å². The minimum atomic E-state index is -3.75. The average Bonchev–Trinajstić information content (AvgIpc) is 2.97. The largest absolute Gasteiger partial charge is 0.353 e. The van der Waals surface area contributed by atoms with Gasteiger partial charge < -0.3 is 10.2 Å². The number of nitrogens with zero attached hydrogens (tertiary/aromatic N) is 2. The number of anilines is 1. The van der Waals surface area contributed by atoms with Crippen molar-refractivity contribution in [1.82, 2.24) is 10.2 Å². The van der Waals surface area contributed by atoms with Gasteiger partial charge in [-0.15, -0.1) is 0 Å². The lowest BCUT2D eigenvalue weighted by Crippen LogP contribution is -2.42. The SMILES string of the molecule is CCc1ccc(C(CNC(=O)CN2c3cccc4cccc(c34)S2(=O)=O)N(C)C)cc1. The number of aryl methyl sites for hydroxylation is 1. The summed E-state index contributed by atoms with van der Waals surface area (Å²) in [5.74, 6) is -0.328. The van der Waals surface area contributed by atoms with E-state index < -0.39 is 10.0 Å². The standard InChI is InChI=1S/C24H27N3O3S/c1-4-17-11-13-18(14-12-17)21(26(2)3)15-25-23(28)16-27-20-9-5-7-19-8-6-10-22(24(19)20)31(27,29)30/h5-14,21H,4,15-16H2,1-3H3,(H,25,28). The Morgan fingerprint density at radius 1 is 1.03 bits per heavy atom. The van der Waals surface area contributed by atoms with Crippen LogP contribution < -0.4 is 9.62 Å². The van der Waals surface area contributed by atoms with E-state index in [0.29, 0.717) is 17.6 Å². The van der Waals surface area contributed by atoms with Crippen molar-refractivity contribution < 1.29 is 13.2 Å². The van der Waals surface area contributed by atoms with E-state index in [1.807, 2.05) is 37.2 Å². The molecule has 0 spiro atoms. The van der Waals surface area contributed by atoms with Crippen LogP contribution in [-0.2, 0) is 21.2 Å². The van der Waals surface area contributed by atoms with Crippen molar-refractivity contribution in [2.24, 2.45) is 0 Å². The van der Waals surface area contributed by atoms with Crippen molar-refractivity contribution >= 4 is 32.4 Å². The van der Waals surface area contributed by atoms with Gasteiger partial charge in [0.1, 0.15) is 6.54 Å². The third kappa shape index (κ3) is 3.91. The lowest BCUT2D eigenvalue weighted by molar-refractivity contribution is -0.119. The molecule has 0 aliphatic carbocycles. The summed E-state index contributed by atoms with van der Waals surface area (Å²) in [6.07, 6.45) is 0.975. The molecule has 0 aromatic heterocycles. The number of nitrogens with one attached hydrogen (secondary N) is 1. The summed E-state index contributed by atoms with van der Waals surface area (Å²) in [6.45, 7) is 2.26. The molecule has 1 aliphatic rings. The number of carbonyl (C=O) groups is 1. The predicted molar refractivity (Wildman–Crippen MR) is 124 cm³/mol. The minimum Gasteiger partial charge on any atom is -0.353 e. The van der Waals surface area contributed by atoms with Gasteiger partial charge in [0.05, 0.1) is 16.6 Å².